The number of unbranched alkanes of at least 4 members (excludes halogenated alkanes) is 5. The van der Waals surface area contributed by atoms with Crippen LogP contribution in [0.3, 0.4) is 0 Å². The molecule has 0 aromatic carbocycles. The standard InChI is InChI=1S/C19H30O14/c20-10-12(21)11-31-33-19(18(29)30,9-14(24)25)16(17(27)28)32-15(26)8-6-4-2-1-3-5-7-13(22)23/h12,16,20-21H,1-11H2,(H,22,23)(H,24,25)(H,27,28)(H,29,30). The van der Waals surface area contributed by atoms with E-state index in [1.807, 2.05) is 0 Å². The molecule has 0 amide bonds. The topological polar surface area (TPSA) is 234 Å². The molecule has 0 heterocycles. The van der Waals surface area contributed by atoms with E-state index in [0.717, 1.165) is 6.42 Å². The monoisotopic (exact) mass is 482 g/mol. The minimum atomic E-state index is -3.17. The predicted molar refractivity (Wildman–Crippen MR) is 105 cm³/mol. The smallest absolute Gasteiger partial charge is 0.348 e. The van der Waals surface area contributed by atoms with Crippen LogP contribution in [0.5, 0.6) is 0 Å². The molecule has 0 rings (SSSR count). The summed E-state index contributed by atoms with van der Waals surface area (Å²) in [5.74, 6) is -7.90. The number of carboxylic acid groups (broad SMARTS) is 4. The number of aliphatic carboxylic acids is 4. The summed E-state index contributed by atoms with van der Waals surface area (Å²) in [5, 5.41) is 54.5. The highest BCUT2D eigenvalue weighted by Crippen LogP contribution is 2.26. The Bertz CT molecular complexity index is 663. The Morgan fingerprint density at radius 2 is 1.33 bits per heavy atom. The van der Waals surface area contributed by atoms with Crippen LogP contribution < -0.4 is 0 Å². The summed E-state index contributed by atoms with van der Waals surface area (Å²) in [5.41, 5.74) is -3.17. The maximum absolute atomic E-state index is 12.1. The summed E-state index contributed by atoms with van der Waals surface area (Å²) in [6.07, 6.45) is -2.38. The zero-order valence-electron chi connectivity index (χ0n) is 17.9. The van der Waals surface area contributed by atoms with Crippen molar-refractivity contribution in [3.8, 4) is 0 Å². The Morgan fingerprint density at radius 3 is 1.79 bits per heavy atom. The van der Waals surface area contributed by atoms with E-state index in [2.05, 4.69) is 9.78 Å². The third-order valence-electron chi connectivity index (χ3n) is 4.37. The van der Waals surface area contributed by atoms with Crippen LogP contribution in [0.4, 0.5) is 0 Å². The molecule has 0 aromatic heterocycles. The molecule has 3 atom stereocenters. The highest BCUT2D eigenvalue weighted by molar-refractivity contribution is 5.92. The van der Waals surface area contributed by atoms with Gasteiger partial charge in [-0.3, -0.25) is 14.4 Å². The fourth-order valence-corrected chi connectivity index (χ4v) is 2.67. The number of hydrogen-bond donors (Lipinski definition) is 6. The number of carboxylic acids is 4. The molecule has 0 fully saturated rings. The van der Waals surface area contributed by atoms with E-state index in [9.17, 15) is 39.3 Å². The van der Waals surface area contributed by atoms with Gasteiger partial charge in [-0.15, -0.1) is 0 Å². The molecule has 0 radical (unpaired) electrons. The average molecular weight is 482 g/mol. The van der Waals surface area contributed by atoms with Crippen molar-refractivity contribution in [2.45, 2.75) is 75.6 Å². The molecule has 0 bridgehead atoms. The molecule has 14 heteroatoms. The van der Waals surface area contributed by atoms with E-state index in [-0.39, 0.29) is 19.3 Å². The SMILES string of the molecule is O=C(O)CCCCCCCCC(=O)OC(C(=O)O)C(CC(=O)O)(OOCC(O)CO)C(=O)O. The molecular weight excluding hydrogens is 452 g/mol. The Kier molecular flexibility index (Phi) is 14.6. The zero-order chi connectivity index (χ0) is 25.4. The minimum Gasteiger partial charge on any atom is -0.481 e. The first kappa shape index (κ1) is 30.2. The molecule has 33 heavy (non-hydrogen) atoms. The first-order valence-electron chi connectivity index (χ1n) is 10.1. The number of ether oxygens (including phenoxy) is 1. The van der Waals surface area contributed by atoms with E-state index in [0.29, 0.717) is 25.7 Å². The molecule has 190 valence electrons. The third-order valence-corrected chi connectivity index (χ3v) is 4.37. The van der Waals surface area contributed by atoms with Crippen molar-refractivity contribution in [1.82, 2.24) is 0 Å². The van der Waals surface area contributed by atoms with Gasteiger partial charge in [0.1, 0.15) is 12.7 Å². The highest BCUT2D eigenvalue weighted by atomic mass is 17.2. The first-order chi connectivity index (χ1) is 15.5. The van der Waals surface area contributed by atoms with E-state index in [1.165, 1.54) is 0 Å². The van der Waals surface area contributed by atoms with Gasteiger partial charge in [-0.05, 0) is 12.8 Å². The van der Waals surface area contributed by atoms with E-state index in [1.54, 1.807) is 0 Å². The minimum absolute atomic E-state index is 0.0648. The van der Waals surface area contributed by atoms with Crippen LogP contribution in [0.15, 0.2) is 0 Å². The second-order valence-corrected chi connectivity index (χ2v) is 7.19. The van der Waals surface area contributed by atoms with Crippen LogP contribution in [0, 0.1) is 0 Å². The molecule has 6 N–H and O–H groups in total. The summed E-state index contributed by atoms with van der Waals surface area (Å²) in [6.45, 7) is -1.63. The zero-order valence-corrected chi connectivity index (χ0v) is 17.9. The molecule has 0 aliphatic heterocycles. The van der Waals surface area contributed by atoms with Gasteiger partial charge < -0.3 is 35.4 Å². The van der Waals surface area contributed by atoms with E-state index < -0.39 is 67.3 Å². The van der Waals surface area contributed by atoms with Gasteiger partial charge in [0, 0.05) is 12.8 Å². The number of hydrogen-bond acceptors (Lipinski definition) is 10. The molecule has 3 unspecified atom stereocenters. The van der Waals surface area contributed by atoms with E-state index in [4.69, 9.17) is 20.1 Å². The van der Waals surface area contributed by atoms with Gasteiger partial charge in [-0.2, -0.15) is 0 Å². The van der Waals surface area contributed by atoms with Crippen molar-refractivity contribution in [2.24, 2.45) is 0 Å². The van der Waals surface area contributed by atoms with Gasteiger partial charge in [0.25, 0.3) is 5.60 Å². The lowest BCUT2D eigenvalue weighted by molar-refractivity contribution is -0.374. The molecule has 0 aromatic rings. The average Bonchev–Trinajstić information content (AvgIpc) is 2.72. The van der Waals surface area contributed by atoms with Gasteiger partial charge in [-0.1, -0.05) is 25.7 Å². The van der Waals surface area contributed by atoms with Crippen LogP contribution >= 0.6 is 0 Å². The summed E-state index contributed by atoms with van der Waals surface area (Å²) in [7, 11) is 0. The molecule has 0 aliphatic rings. The van der Waals surface area contributed by atoms with Crippen molar-refractivity contribution in [1.29, 1.82) is 0 Å². The van der Waals surface area contributed by atoms with E-state index >= 15 is 0 Å². The number of esters is 1. The first-order valence-corrected chi connectivity index (χ1v) is 10.1. The molecule has 0 saturated heterocycles. The van der Waals surface area contributed by atoms with Crippen LogP contribution in [-0.2, 0) is 38.5 Å². The van der Waals surface area contributed by atoms with Gasteiger partial charge in [-0.25, -0.2) is 19.4 Å². The Morgan fingerprint density at radius 1 is 0.788 bits per heavy atom. The molecule has 0 spiro atoms. The Hall–Kier alpha value is -2.81. The van der Waals surface area contributed by atoms with Gasteiger partial charge >= 0.3 is 29.8 Å². The lowest BCUT2D eigenvalue weighted by Gasteiger charge is -2.31. The summed E-state index contributed by atoms with van der Waals surface area (Å²) in [4.78, 5) is 66.1. The maximum atomic E-state index is 12.1. The summed E-state index contributed by atoms with van der Waals surface area (Å²) in [6, 6.07) is 0. The van der Waals surface area contributed by atoms with Crippen molar-refractivity contribution in [2.75, 3.05) is 13.2 Å². The normalized spacial score (nSPS) is 14.6. The number of carbonyl (C=O) groups excluding carboxylic acids is 1. The second-order valence-electron chi connectivity index (χ2n) is 7.19. The predicted octanol–water partition coefficient (Wildman–Crippen LogP) is -0.212. The van der Waals surface area contributed by atoms with Gasteiger partial charge in [0.15, 0.2) is 0 Å². The van der Waals surface area contributed by atoms with Crippen molar-refractivity contribution in [3.63, 3.8) is 0 Å². The third kappa shape index (κ3) is 12.1. The largest absolute Gasteiger partial charge is 0.481 e. The van der Waals surface area contributed by atoms with Crippen molar-refractivity contribution >= 4 is 29.8 Å². The lowest BCUT2D eigenvalue weighted by Crippen LogP contribution is -2.58. The molecular formula is C19H30O14. The fraction of sp³-hybridized carbons (Fsp3) is 0.737. The quantitative estimate of drug-likeness (QED) is 0.0570. The van der Waals surface area contributed by atoms with Crippen molar-refractivity contribution in [3.05, 3.63) is 0 Å². The summed E-state index contributed by atoms with van der Waals surface area (Å²) < 4.78 is 4.73. The molecule has 0 saturated carbocycles. The number of aliphatic hydroxyl groups excluding tert-OH is 2. The molecule has 0 aliphatic carbocycles. The Labute approximate surface area is 188 Å². The van der Waals surface area contributed by atoms with Gasteiger partial charge in [0.2, 0.25) is 6.10 Å². The summed E-state index contributed by atoms with van der Waals surface area (Å²) >= 11 is 0. The fourth-order valence-electron chi connectivity index (χ4n) is 2.67. The van der Waals surface area contributed by atoms with Crippen LogP contribution in [0.1, 0.15) is 57.8 Å². The highest BCUT2D eigenvalue weighted by Gasteiger charge is 2.57. The van der Waals surface area contributed by atoms with Crippen LogP contribution in [-0.4, -0.2) is 91.5 Å². The molecule has 14 nitrogen and oxygen atoms in total. The van der Waals surface area contributed by atoms with Crippen LogP contribution in [0.2, 0.25) is 0 Å². The lowest BCUT2D eigenvalue weighted by atomic mass is 9.92. The van der Waals surface area contributed by atoms with Crippen LogP contribution in [0.25, 0.3) is 0 Å². The number of carbonyl (C=O) groups is 5. The number of aliphatic hydroxyl groups is 2. The number of rotatable bonds is 20. The van der Waals surface area contributed by atoms with Crippen molar-refractivity contribution < 1.29 is 69.1 Å². The second kappa shape index (κ2) is 15.9. The maximum Gasteiger partial charge on any atom is 0.348 e. The van der Waals surface area contributed by atoms with Gasteiger partial charge in [0.05, 0.1) is 13.0 Å². The Balaban J connectivity index is 5.03.